The third-order valence-electron chi connectivity index (χ3n) is 4.14. The number of ether oxygens (including phenoxy) is 2. The second kappa shape index (κ2) is 9.36. The Hall–Kier alpha value is -2.87. The lowest BCUT2D eigenvalue weighted by Crippen LogP contribution is -2.17. The highest BCUT2D eigenvalue weighted by atomic mass is 32.2. The molecule has 0 aliphatic rings. The van der Waals surface area contributed by atoms with Crippen LogP contribution in [0.25, 0.3) is 0 Å². The van der Waals surface area contributed by atoms with Gasteiger partial charge in [-0.25, -0.2) is 18.0 Å². The van der Waals surface area contributed by atoms with Crippen molar-refractivity contribution in [1.29, 1.82) is 0 Å². The summed E-state index contributed by atoms with van der Waals surface area (Å²) >= 11 is 0. The van der Waals surface area contributed by atoms with Gasteiger partial charge >= 0.3 is 11.9 Å². The van der Waals surface area contributed by atoms with Gasteiger partial charge < -0.3 is 9.47 Å². The van der Waals surface area contributed by atoms with E-state index in [1.54, 1.807) is 12.1 Å². The Bertz CT molecular complexity index is 951. The first kappa shape index (κ1) is 21.4. The molecule has 0 fully saturated rings. The van der Waals surface area contributed by atoms with E-state index in [9.17, 15) is 18.0 Å². The fraction of sp³-hybridized carbons (Fsp3) is 0.300. The molecule has 0 spiro atoms. The van der Waals surface area contributed by atoms with E-state index in [0.29, 0.717) is 0 Å². The van der Waals surface area contributed by atoms with Gasteiger partial charge in [-0.15, -0.1) is 0 Å². The van der Waals surface area contributed by atoms with Crippen molar-refractivity contribution in [3.8, 4) is 0 Å². The first-order chi connectivity index (χ1) is 13.3. The van der Waals surface area contributed by atoms with Crippen LogP contribution in [0.3, 0.4) is 0 Å². The van der Waals surface area contributed by atoms with Crippen LogP contribution >= 0.6 is 0 Å². The number of carbonyl (C=O) groups is 2. The van der Waals surface area contributed by atoms with Crippen LogP contribution in [0.5, 0.6) is 0 Å². The molecule has 8 heteroatoms. The zero-order chi connectivity index (χ0) is 20.7. The number of sulfonamides is 1. The van der Waals surface area contributed by atoms with E-state index in [1.165, 1.54) is 44.6 Å². The molecule has 0 aliphatic carbocycles. The molecule has 0 aromatic heterocycles. The average Bonchev–Trinajstić information content (AvgIpc) is 2.71. The number of nitrogens with one attached hydrogen (secondary N) is 1. The quantitative estimate of drug-likeness (QED) is 0.676. The van der Waals surface area contributed by atoms with Gasteiger partial charge in [0.2, 0.25) is 0 Å². The smallest absolute Gasteiger partial charge is 0.339 e. The minimum atomic E-state index is -3.97. The maximum Gasteiger partial charge on any atom is 0.339 e. The van der Waals surface area contributed by atoms with Crippen molar-refractivity contribution in [3.05, 3.63) is 59.2 Å². The van der Waals surface area contributed by atoms with Gasteiger partial charge in [0.15, 0.2) is 0 Å². The van der Waals surface area contributed by atoms with Crippen LogP contribution in [0, 0.1) is 0 Å². The molecule has 0 aliphatic heterocycles. The monoisotopic (exact) mass is 405 g/mol. The van der Waals surface area contributed by atoms with Crippen LogP contribution in [0.1, 0.15) is 46.0 Å². The van der Waals surface area contributed by atoms with Crippen LogP contribution in [-0.2, 0) is 25.9 Å². The summed E-state index contributed by atoms with van der Waals surface area (Å²) in [5.74, 6) is -1.39. The van der Waals surface area contributed by atoms with E-state index in [0.717, 1.165) is 24.8 Å². The number of anilines is 1. The number of esters is 2. The molecule has 1 N–H and O–H groups in total. The topological polar surface area (TPSA) is 98.8 Å². The molecule has 150 valence electrons. The number of hydrogen-bond donors (Lipinski definition) is 1. The van der Waals surface area contributed by atoms with Crippen molar-refractivity contribution in [2.24, 2.45) is 0 Å². The van der Waals surface area contributed by atoms with E-state index >= 15 is 0 Å². The van der Waals surface area contributed by atoms with Gasteiger partial charge in [-0.3, -0.25) is 4.72 Å². The molecule has 0 atom stereocenters. The van der Waals surface area contributed by atoms with Gasteiger partial charge in [0.05, 0.1) is 35.9 Å². The Morgan fingerprint density at radius 1 is 0.964 bits per heavy atom. The van der Waals surface area contributed by atoms with Gasteiger partial charge in [-0.05, 0) is 48.7 Å². The summed E-state index contributed by atoms with van der Waals surface area (Å²) in [6.45, 7) is 2.09. The summed E-state index contributed by atoms with van der Waals surface area (Å²) in [7, 11) is -1.58. The maximum absolute atomic E-state index is 12.8. The van der Waals surface area contributed by atoms with Crippen LogP contribution in [0.2, 0.25) is 0 Å². The predicted octanol–water partition coefficient (Wildman–Crippen LogP) is 3.40. The first-order valence-electron chi connectivity index (χ1n) is 8.74. The van der Waals surface area contributed by atoms with Crippen molar-refractivity contribution in [1.82, 2.24) is 0 Å². The minimum Gasteiger partial charge on any atom is -0.465 e. The molecule has 0 amide bonds. The summed E-state index contributed by atoms with van der Waals surface area (Å²) in [5.41, 5.74) is 1.06. The lowest BCUT2D eigenvalue weighted by atomic mass is 10.1. The molecule has 2 rings (SSSR count). The van der Waals surface area contributed by atoms with Gasteiger partial charge in [-0.1, -0.05) is 25.5 Å². The first-order valence-corrected chi connectivity index (χ1v) is 10.2. The largest absolute Gasteiger partial charge is 0.465 e. The van der Waals surface area contributed by atoms with Crippen molar-refractivity contribution >= 4 is 27.6 Å². The predicted molar refractivity (Wildman–Crippen MR) is 105 cm³/mol. The Morgan fingerprint density at radius 2 is 1.61 bits per heavy atom. The van der Waals surface area contributed by atoms with Crippen molar-refractivity contribution in [2.45, 2.75) is 31.1 Å². The van der Waals surface area contributed by atoms with E-state index in [2.05, 4.69) is 21.1 Å². The highest BCUT2D eigenvalue weighted by molar-refractivity contribution is 7.92. The van der Waals surface area contributed by atoms with Crippen molar-refractivity contribution in [2.75, 3.05) is 18.9 Å². The second-order valence-electron chi connectivity index (χ2n) is 6.10. The standard InChI is InChI=1S/C20H23NO6S/c1-4-5-6-14-7-10-16(11-8-14)28(24,25)21-18-13-15(19(22)26-2)9-12-17(18)20(23)27-3/h7-13,21H,4-6H2,1-3H3. The molecular formula is C20H23NO6S. The lowest BCUT2D eigenvalue weighted by molar-refractivity contribution is 0.0587. The molecule has 2 aromatic rings. The third kappa shape index (κ3) is 5.10. The zero-order valence-corrected chi connectivity index (χ0v) is 16.8. The molecule has 2 aromatic carbocycles. The summed E-state index contributed by atoms with van der Waals surface area (Å²) < 4.78 is 37.2. The fourth-order valence-corrected chi connectivity index (χ4v) is 3.65. The van der Waals surface area contributed by atoms with Crippen LogP contribution in [0.15, 0.2) is 47.4 Å². The molecule has 0 saturated heterocycles. The Labute approximate surface area is 164 Å². The van der Waals surface area contributed by atoms with Crippen molar-refractivity contribution < 1.29 is 27.5 Å². The summed E-state index contributed by atoms with van der Waals surface area (Å²) in [6, 6.07) is 10.4. The number of unbranched alkanes of at least 4 members (excludes halogenated alkanes) is 1. The summed E-state index contributed by atoms with van der Waals surface area (Å²) in [5, 5.41) is 0. The van der Waals surface area contributed by atoms with Crippen molar-refractivity contribution in [3.63, 3.8) is 0 Å². The number of rotatable bonds is 8. The lowest BCUT2D eigenvalue weighted by Gasteiger charge is -2.13. The van der Waals surface area contributed by atoms with Gasteiger partial charge in [-0.2, -0.15) is 0 Å². The molecular weight excluding hydrogens is 382 g/mol. The van der Waals surface area contributed by atoms with Gasteiger partial charge in [0.1, 0.15) is 0 Å². The molecule has 0 radical (unpaired) electrons. The van der Waals surface area contributed by atoms with E-state index in [4.69, 9.17) is 0 Å². The summed E-state index contributed by atoms with van der Waals surface area (Å²) in [4.78, 5) is 23.8. The zero-order valence-electron chi connectivity index (χ0n) is 16.0. The van der Waals surface area contributed by atoms with Gasteiger partial charge in [0, 0.05) is 0 Å². The Morgan fingerprint density at radius 3 is 2.18 bits per heavy atom. The molecule has 28 heavy (non-hydrogen) atoms. The molecule has 0 heterocycles. The van der Waals surface area contributed by atoms with E-state index in [1.807, 2.05) is 0 Å². The van der Waals surface area contributed by atoms with E-state index < -0.39 is 22.0 Å². The molecule has 7 nitrogen and oxygen atoms in total. The number of aryl methyl sites for hydroxylation is 1. The van der Waals surface area contributed by atoms with Crippen LogP contribution in [0.4, 0.5) is 5.69 Å². The number of benzene rings is 2. The van der Waals surface area contributed by atoms with Crippen LogP contribution in [-0.4, -0.2) is 34.6 Å². The maximum atomic E-state index is 12.8. The number of carbonyl (C=O) groups excluding carboxylic acids is 2. The fourth-order valence-electron chi connectivity index (χ4n) is 2.58. The average molecular weight is 405 g/mol. The normalized spacial score (nSPS) is 11.0. The molecule has 0 unspecified atom stereocenters. The number of hydrogen-bond acceptors (Lipinski definition) is 6. The van der Waals surface area contributed by atoms with E-state index in [-0.39, 0.29) is 21.7 Å². The number of methoxy groups -OCH3 is 2. The highest BCUT2D eigenvalue weighted by Crippen LogP contribution is 2.23. The minimum absolute atomic E-state index is 0.0155. The molecule has 0 bridgehead atoms. The Kier molecular flexibility index (Phi) is 7.17. The SMILES string of the molecule is CCCCc1ccc(S(=O)(=O)Nc2cc(C(=O)OC)ccc2C(=O)OC)cc1. The Balaban J connectivity index is 2.38. The summed E-state index contributed by atoms with van der Waals surface area (Å²) in [6.07, 6.45) is 2.94. The third-order valence-corrected chi connectivity index (χ3v) is 5.52. The highest BCUT2D eigenvalue weighted by Gasteiger charge is 2.21. The van der Waals surface area contributed by atoms with Crippen LogP contribution < -0.4 is 4.72 Å². The van der Waals surface area contributed by atoms with Gasteiger partial charge in [0.25, 0.3) is 10.0 Å². The second-order valence-corrected chi connectivity index (χ2v) is 7.78. The molecule has 0 saturated carbocycles.